The van der Waals surface area contributed by atoms with Gasteiger partial charge in [0.05, 0.1) is 29.8 Å². The summed E-state index contributed by atoms with van der Waals surface area (Å²) >= 11 is 0. The van der Waals surface area contributed by atoms with Gasteiger partial charge >= 0.3 is 0 Å². The number of carbonyl (C=O) groups is 1. The second kappa shape index (κ2) is 9.43. The van der Waals surface area contributed by atoms with E-state index in [1.165, 1.54) is 24.8 Å². The van der Waals surface area contributed by atoms with Crippen LogP contribution in [0.1, 0.15) is 61.1 Å². The molecule has 0 spiro atoms. The van der Waals surface area contributed by atoms with Crippen molar-refractivity contribution in [2.24, 2.45) is 0 Å². The number of ether oxygens (including phenoxy) is 2. The number of nitrogens with zero attached hydrogens (tertiary/aromatic N) is 3. The van der Waals surface area contributed by atoms with Gasteiger partial charge in [0.25, 0.3) is 0 Å². The third kappa shape index (κ3) is 4.03. The lowest BCUT2D eigenvalue weighted by atomic mass is 9.67. The van der Waals surface area contributed by atoms with Gasteiger partial charge in [-0.2, -0.15) is 5.26 Å². The van der Waals surface area contributed by atoms with Gasteiger partial charge in [-0.25, -0.2) is 0 Å². The molecule has 1 aromatic carbocycles. The molecule has 1 saturated heterocycles. The molecule has 7 heteroatoms. The average Bonchev–Trinajstić information content (AvgIpc) is 3.27. The highest BCUT2D eigenvalue weighted by molar-refractivity contribution is 6.20. The van der Waals surface area contributed by atoms with Crippen LogP contribution >= 0.6 is 0 Å². The number of H-pyrrole nitrogens is 1. The third-order valence-corrected chi connectivity index (χ3v) is 9.05. The fourth-order valence-electron chi connectivity index (χ4n) is 6.64. The molecular formula is C30H36N4O3. The Morgan fingerprint density at radius 3 is 2.57 bits per heavy atom. The fourth-order valence-corrected chi connectivity index (χ4v) is 6.64. The van der Waals surface area contributed by atoms with Gasteiger partial charge in [0.15, 0.2) is 5.78 Å². The summed E-state index contributed by atoms with van der Waals surface area (Å²) in [5, 5.41) is 10.3. The zero-order valence-electron chi connectivity index (χ0n) is 22.1. The molecule has 3 aliphatic carbocycles. The minimum Gasteiger partial charge on any atom is -0.494 e. The topological polar surface area (TPSA) is 81.6 Å². The predicted molar refractivity (Wildman–Crippen MR) is 142 cm³/mol. The van der Waals surface area contributed by atoms with Crippen molar-refractivity contribution in [1.82, 2.24) is 14.8 Å². The van der Waals surface area contributed by atoms with Gasteiger partial charge in [0, 0.05) is 66.9 Å². The quantitative estimate of drug-likeness (QED) is 0.596. The van der Waals surface area contributed by atoms with Gasteiger partial charge in [-0.3, -0.25) is 14.6 Å². The molecule has 0 radical (unpaired) electrons. The smallest absolute Gasteiger partial charge is 0.195 e. The Morgan fingerprint density at radius 2 is 1.89 bits per heavy atom. The van der Waals surface area contributed by atoms with E-state index in [1.54, 1.807) is 13.2 Å². The Morgan fingerprint density at radius 1 is 1.14 bits per heavy atom. The van der Waals surface area contributed by atoms with Crippen molar-refractivity contribution in [3.8, 4) is 6.07 Å². The number of allylic oxidation sites excluding steroid dienone is 2. The van der Waals surface area contributed by atoms with E-state index in [-0.39, 0.29) is 17.2 Å². The molecule has 7 nitrogen and oxygen atoms in total. The summed E-state index contributed by atoms with van der Waals surface area (Å²) in [5.74, 6) is 0.925. The molecule has 4 aliphatic rings. The number of hydrogen-bond acceptors (Lipinski definition) is 6. The van der Waals surface area contributed by atoms with E-state index >= 15 is 0 Å². The first-order valence-electron chi connectivity index (χ1n) is 13.6. The zero-order chi connectivity index (χ0) is 25.7. The number of hydrogen-bond donors (Lipinski definition) is 1. The summed E-state index contributed by atoms with van der Waals surface area (Å²) < 4.78 is 11.6. The van der Waals surface area contributed by atoms with Crippen LogP contribution in [0.4, 0.5) is 0 Å². The SMILES string of the molecule is COCCOC1=CC2=C(CC1N1CCN(C3CCC3)CC1)C(C)(C)c1[nH]c3cc(C#N)ccc3c1C2=O. The van der Waals surface area contributed by atoms with Crippen LogP contribution in [-0.2, 0) is 14.9 Å². The Hall–Kier alpha value is -2.92. The molecule has 194 valence electrons. The molecule has 2 aromatic rings. The molecule has 2 heterocycles. The molecule has 2 fully saturated rings. The number of benzene rings is 1. The normalized spacial score (nSPS) is 24.3. The molecular weight excluding hydrogens is 464 g/mol. The van der Waals surface area contributed by atoms with Crippen LogP contribution in [0.3, 0.4) is 0 Å². The van der Waals surface area contributed by atoms with Gasteiger partial charge in [0.2, 0.25) is 0 Å². The molecule has 0 amide bonds. The number of methoxy groups -OCH3 is 1. The molecule has 1 N–H and O–H groups in total. The molecule has 1 aliphatic heterocycles. The lowest BCUT2D eigenvalue weighted by Gasteiger charge is -2.47. The zero-order valence-corrected chi connectivity index (χ0v) is 22.1. The van der Waals surface area contributed by atoms with Crippen molar-refractivity contribution in [2.75, 3.05) is 46.5 Å². The fraction of sp³-hybridized carbons (Fsp3) is 0.533. The summed E-state index contributed by atoms with van der Waals surface area (Å²) in [6, 6.07) is 8.62. The minimum absolute atomic E-state index is 0.0429. The van der Waals surface area contributed by atoms with Crippen molar-refractivity contribution in [3.63, 3.8) is 0 Å². The van der Waals surface area contributed by atoms with Crippen LogP contribution in [0.15, 0.2) is 41.2 Å². The largest absolute Gasteiger partial charge is 0.494 e. The van der Waals surface area contributed by atoms with Crippen molar-refractivity contribution >= 4 is 16.7 Å². The average molecular weight is 501 g/mol. The minimum atomic E-state index is -0.342. The number of nitriles is 1. The standard InChI is InChI=1S/C30H36N4O3/c1-30(2)23-17-25(34-11-9-33(10-12-34)20-5-4-6-20)26(37-14-13-36-3)16-22(23)28(35)27-21-8-7-19(18-31)15-24(21)32-29(27)30/h7-8,15-16,20,25,32H,4-6,9-14,17H2,1-3H3. The van der Waals surface area contributed by atoms with Gasteiger partial charge < -0.3 is 14.5 Å². The van der Waals surface area contributed by atoms with E-state index in [0.717, 1.165) is 72.1 Å². The van der Waals surface area contributed by atoms with Crippen LogP contribution in [0, 0.1) is 11.3 Å². The van der Waals surface area contributed by atoms with Gasteiger partial charge in [-0.05, 0) is 43.0 Å². The Labute approximate surface area is 218 Å². The number of piperazine rings is 1. The molecule has 1 atom stereocenters. The van der Waals surface area contributed by atoms with E-state index in [1.807, 2.05) is 18.2 Å². The summed E-state index contributed by atoms with van der Waals surface area (Å²) in [5.41, 5.74) is 4.70. The molecule has 0 bridgehead atoms. The van der Waals surface area contributed by atoms with Crippen molar-refractivity contribution in [3.05, 3.63) is 58.0 Å². The Kier molecular flexibility index (Phi) is 6.22. The first-order valence-corrected chi connectivity index (χ1v) is 13.6. The summed E-state index contributed by atoms with van der Waals surface area (Å²) in [4.78, 5) is 22.7. The molecule has 6 rings (SSSR count). The van der Waals surface area contributed by atoms with Crippen LogP contribution in [0.25, 0.3) is 10.9 Å². The lowest BCUT2D eigenvalue weighted by Crippen LogP contribution is -2.55. The van der Waals surface area contributed by atoms with Crippen molar-refractivity contribution in [2.45, 2.75) is 57.0 Å². The molecule has 37 heavy (non-hydrogen) atoms. The molecule has 1 saturated carbocycles. The lowest BCUT2D eigenvalue weighted by molar-refractivity contribution is 0.0269. The maximum atomic E-state index is 14.0. The van der Waals surface area contributed by atoms with E-state index in [4.69, 9.17) is 9.47 Å². The second-order valence-electron chi connectivity index (χ2n) is 11.4. The highest BCUT2D eigenvalue weighted by Crippen LogP contribution is 2.48. The predicted octanol–water partition coefficient (Wildman–Crippen LogP) is 4.30. The van der Waals surface area contributed by atoms with Crippen molar-refractivity contribution in [1.29, 1.82) is 5.26 Å². The third-order valence-electron chi connectivity index (χ3n) is 9.05. The number of aromatic nitrogens is 1. The number of rotatable bonds is 6. The van der Waals surface area contributed by atoms with Crippen molar-refractivity contribution < 1.29 is 14.3 Å². The van der Waals surface area contributed by atoms with Crippen LogP contribution in [0.5, 0.6) is 0 Å². The van der Waals surface area contributed by atoms with Crippen LogP contribution in [-0.4, -0.2) is 79.2 Å². The highest BCUT2D eigenvalue weighted by atomic mass is 16.5. The second-order valence-corrected chi connectivity index (χ2v) is 11.4. The number of aromatic amines is 1. The van der Waals surface area contributed by atoms with Gasteiger partial charge in [-0.15, -0.1) is 0 Å². The summed E-state index contributed by atoms with van der Waals surface area (Å²) in [6.07, 6.45) is 6.83. The first kappa shape index (κ1) is 24.4. The number of ketones is 1. The van der Waals surface area contributed by atoms with Gasteiger partial charge in [-0.1, -0.05) is 26.3 Å². The van der Waals surface area contributed by atoms with E-state index in [0.29, 0.717) is 18.8 Å². The van der Waals surface area contributed by atoms with Crippen LogP contribution < -0.4 is 0 Å². The van der Waals surface area contributed by atoms with Crippen LogP contribution in [0.2, 0.25) is 0 Å². The number of nitrogens with one attached hydrogen (secondary N) is 1. The van der Waals surface area contributed by atoms with E-state index < -0.39 is 0 Å². The number of carbonyl (C=O) groups excluding carboxylic acids is 1. The maximum Gasteiger partial charge on any atom is 0.195 e. The number of fused-ring (bicyclic) bond motifs is 3. The highest BCUT2D eigenvalue weighted by Gasteiger charge is 2.45. The number of Topliss-reactive ketones (excluding diaryl/α,β-unsaturated/α-hetero) is 1. The Bertz CT molecular complexity index is 1330. The van der Waals surface area contributed by atoms with E-state index in [9.17, 15) is 10.1 Å². The van der Waals surface area contributed by atoms with E-state index in [2.05, 4.69) is 34.7 Å². The molecule has 1 unspecified atom stereocenters. The monoisotopic (exact) mass is 500 g/mol. The first-order chi connectivity index (χ1) is 17.9. The van der Waals surface area contributed by atoms with Gasteiger partial charge in [0.1, 0.15) is 12.4 Å². The molecule has 1 aromatic heterocycles. The summed E-state index contributed by atoms with van der Waals surface area (Å²) in [6.45, 7) is 9.61. The maximum absolute atomic E-state index is 14.0. The summed E-state index contributed by atoms with van der Waals surface area (Å²) in [7, 11) is 1.68. The Balaban J connectivity index is 1.35.